The van der Waals surface area contributed by atoms with Gasteiger partial charge in [0.15, 0.2) is 0 Å². The van der Waals surface area contributed by atoms with Crippen molar-refractivity contribution in [1.82, 2.24) is 9.97 Å². The van der Waals surface area contributed by atoms with Crippen LogP contribution in [0.4, 0.5) is 17.1 Å². The third-order valence-electron chi connectivity index (χ3n) is 3.83. The zero-order chi connectivity index (χ0) is 18.3. The number of carbonyl (C=O) groups is 1. The summed E-state index contributed by atoms with van der Waals surface area (Å²) in [4.78, 5) is 34.2. The standard InChI is InChI=1S/C16H15N5O3S/c1-8-12-13(17)14(25-15(12)19-9(2)18-8)16(22)20(3)10-4-6-11(7-5-10)21(23)24/h4-7H,17H2,1-3H3. The Balaban J connectivity index is 2.00. The quantitative estimate of drug-likeness (QED) is 0.569. The highest BCUT2D eigenvalue weighted by molar-refractivity contribution is 7.21. The lowest BCUT2D eigenvalue weighted by atomic mass is 10.2. The smallest absolute Gasteiger partial charge is 0.270 e. The zero-order valence-corrected chi connectivity index (χ0v) is 14.6. The van der Waals surface area contributed by atoms with E-state index in [0.29, 0.717) is 32.3 Å². The predicted molar refractivity (Wildman–Crippen MR) is 97.1 cm³/mol. The predicted octanol–water partition coefficient (Wildman–Crippen LogP) is 3.08. The van der Waals surface area contributed by atoms with Crippen molar-refractivity contribution in [3.63, 3.8) is 0 Å². The summed E-state index contributed by atoms with van der Waals surface area (Å²) < 4.78 is 0. The fourth-order valence-electron chi connectivity index (χ4n) is 2.56. The van der Waals surface area contributed by atoms with E-state index in [9.17, 15) is 14.9 Å². The van der Waals surface area contributed by atoms with Gasteiger partial charge in [-0.25, -0.2) is 9.97 Å². The first-order valence-electron chi connectivity index (χ1n) is 7.35. The molecule has 128 valence electrons. The second-order valence-corrected chi connectivity index (χ2v) is 6.52. The molecule has 25 heavy (non-hydrogen) atoms. The first-order valence-corrected chi connectivity index (χ1v) is 8.17. The van der Waals surface area contributed by atoms with E-state index in [1.807, 2.05) is 6.92 Å². The third-order valence-corrected chi connectivity index (χ3v) is 4.92. The van der Waals surface area contributed by atoms with Gasteiger partial charge < -0.3 is 10.6 Å². The monoisotopic (exact) mass is 357 g/mol. The van der Waals surface area contributed by atoms with Gasteiger partial charge in [0.25, 0.3) is 11.6 Å². The van der Waals surface area contributed by atoms with Crippen LogP contribution in [0.5, 0.6) is 0 Å². The summed E-state index contributed by atoms with van der Waals surface area (Å²) in [6.45, 7) is 3.61. The van der Waals surface area contributed by atoms with Crippen LogP contribution in [-0.2, 0) is 0 Å². The Bertz CT molecular complexity index is 997. The van der Waals surface area contributed by atoms with Crippen LogP contribution in [0, 0.1) is 24.0 Å². The van der Waals surface area contributed by atoms with Crippen LogP contribution in [0.15, 0.2) is 24.3 Å². The van der Waals surface area contributed by atoms with Gasteiger partial charge in [-0.3, -0.25) is 14.9 Å². The topological polar surface area (TPSA) is 115 Å². The van der Waals surface area contributed by atoms with Gasteiger partial charge in [0, 0.05) is 24.9 Å². The molecule has 0 unspecified atom stereocenters. The van der Waals surface area contributed by atoms with Crippen molar-refractivity contribution in [2.45, 2.75) is 13.8 Å². The normalized spacial score (nSPS) is 10.8. The van der Waals surface area contributed by atoms with Crippen molar-refractivity contribution < 1.29 is 9.72 Å². The van der Waals surface area contributed by atoms with Gasteiger partial charge in [-0.1, -0.05) is 0 Å². The van der Waals surface area contributed by atoms with Gasteiger partial charge in [-0.05, 0) is 26.0 Å². The Kier molecular flexibility index (Phi) is 4.09. The summed E-state index contributed by atoms with van der Waals surface area (Å²) in [5.74, 6) is 0.320. The number of non-ortho nitro benzene ring substituents is 1. The summed E-state index contributed by atoms with van der Waals surface area (Å²) in [5, 5.41) is 11.4. The molecule has 1 aromatic carbocycles. The van der Waals surface area contributed by atoms with Crippen molar-refractivity contribution in [2.24, 2.45) is 0 Å². The maximum absolute atomic E-state index is 12.8. The van der Waals surface area contributed by atoms with Crippen molar-refractivity contribution in [2.75, 3.05) is 17.7 Å². The van der Waals surface area contributed by atoms with Gasteiger partial charge in [0.1, 0.15) is 15.5 Å². The number of aromatic nitrogens is 2. The van der Waals surface area contributed by atoms with Crippen molar-refractivity contribution in [3.8, 4) is 0 Å². The van der Waals surface area contributed by atoms with E-state index in [4.69, 9.17) is 5.73 Å². The molecule has 0 bridgehead atoms. The number of nitro groups is 1. The number of hydrogen-bond acceptors (Lipinski definition) is 7. The van der Waals surface area contributed by atoms with Crippen LogP contribution in [-0.4, -0.2) is 27.8 Å². The number of nitrogens with zero attached hydrogens (tertiary/aromatic N) is 4. The molecule has 9 heteroatoms. The Morgan fingerprint density at radius 2 is 1.88 bits per heavy atom. The first-order chi connectivity index (χ1) is 11.8. The van der Waals surface area contributed by atoms with E-state index in [2.05, 4.69) is 9.97 Å². The molecule has 1 amide bonds. The van der Waals surface area contributed by atoms with Gasteiger partial charge in [0.05, 0.1) is 21.7 Å². The number of anilines is 2. The molecule has 0 aliphatic heterocycles. The molecule has 0 spiro atoms. The van der Waals surface area contributed by atoms with E-state index in [0.717, 1.165) is 5.69 Å². The van der Waals surface area contributed by atoms with Crippen LogP contribution in [0.25, 0.3) is 10.2 Å². The Morgan fingerprint density at radius 3 is 2.48 bits per heavy atom. The lowest BCUT2D eigenvalue weighted by Crippen LogP contribution is -2.26. The fraction of sp³-hybridized carbons (Fsp3) is 0.188. The lowest BCUT2D eigenvalue weighted by molar-refractivity contribution is -0.384. The number of thiophene rings is 1. The van der Waals surface area contributed by atoms with Crippen molar-refractivity contribution >= 4 is 44.5 Å². The Hall–Kier alpha value is -3.07. The van der Waals surface area contributed by atoms with E-state index >= 15 is 0 Å². The van der Waals surface area contributed by atoms with Crippen LogP contribution >= 0.6 is 11.3 Å². The molecule has 3 aromatic rings. The summed E-state index contributed by atoms with van der Waals surface area (Å²) in [6, 6.07) is 5.75. The average molecular weight is 357 g/mol. The SMILES string of the molecule is Cc1nc(C)c2c(N)c(C(=O)N(C)c3ccc([N+](=O)[O-])cc3)sc2n1. The lowest BCUT2D eigenvalue weighted by Gasteiger charge is -2.16. The number of aryl methyl sites for hydroxylation is 2. The molecule has 0 saturated heterocycles. The van der Waals surface area contributed by atoms with Gasteiger partial charge in [0.2, 0.25) is 0 Å². The molecule has 8 nitrogen and oxygen atoms in total. The zero-order valence-electron chi connectivity index (χ0n) is 13.8. The van der Waals surface area contributed by atoms with Crippen LogP contribution < -0.4 is 10.6 Å². The molecule has 0 saturated carbocycles. The average Bonchev–Trinajstić information content (AvgIpc) is 2.90. The number of nitrogens with two attached hydrogens (primary N) is 1. The minimum Gasteiger partial charge on any atom is -0.397 e. The van der Waals surface area contributed by atoms with Crippen LogP contribution in [0.3, 0.4) is 0 Å². The van der Waals surface area contributed by atoms with Gasteiger partial charge in [-0.2, -0.15) is 0 Å². The Morgan fingerprint density at radius 1 is 1.24 bits per heavy atom. The van der Waals surface area contributed by atoms with E-state index in [-0.39, 0.29) is 11.6 Å². The fourth-order valence-corrected chi connectivity index (χ4v) is 3.72. The highest BCUT2D eigenvalue weighted by Crippen LogP contribution is 2.35. The molecule has 3 rings (SSSR count). The van der Waals surface area contributed by atoms with E-state index < -0.39 is 4.92 Å². The number of fused-ring (bicyclic) bond motifs is 1. The summed E-state index contributed by atoms with van der Waals surface area (Å²) in [7, 11) is 1.59. The molecule has 0 aliphatic rings. The first kappa shape index (κ1) is 16.8. The molecule has 0 atom stereocenters. The molecule has 0 fully saturated rings. The number of nitro benzene ring substituents is 1. The number of hydrogen-bond donors (Lipinski definition) is 1. The van der Waals surface area contributed by atoms with Crippen LogP contribution in [0.2, 0.25) is 0 Å². The molecule has 0 radical (unpaired) electrons. The molecule has 0 aliphatic carbocycles. The maximum Gasteiger partial charge on any atom is 0.270 e. The number of benzene rings is 1. The number of rotatable bonds is 3. The largest absolute Gasteiger partial charge is 0.397 e. The summed E-state index contributed by atoms with van der Waals surface area (Å²) in [5.41, 5.74) is 7.75. The van der Waals surface area contributed by atoms with Gasteiger partial charge >= 0.3 is 0 Å². The van der Waals surface area contributed by atoms with Crippen LogP contribution in [0.1, 0.15) is 21.2 Å². The van der Waals surface area contributed by atoms with Gasteiger partial charge in [-0.15, -0.1) is 11.3 Å². The minimum atomic E-state index is -0.487. The number of nitrogen functional groups attached to an aromatic ring is 1. The molecular formula is C16H15N5O3S. The van der Waals surface area contributed by atoms with Crippen molar-refractivity contribution in [1.29, 1.82) is 0 Å². The second-order valence-electron chi connectivity index (χ2n) is 5.52. The Labute approximate surface area is 147 Å². The highest BCUT2D eigenvalue weighted by atomic mass is 32.1. The molecule has 2 aromatic heterocycles. The maximum atomic E-state index is 12.8. The molecule has 2 N–H and O–H groups in total. The number of amides is 1. The highest BCUT2D eigenvalue weighted by Gasteiger charge is 2.23. The van der Waals surface area contributed by atoms with E-state index in [1.165, 1.54) is 40.5 Å². The molecular weight excluding hydrogens is 342 g/mol. The minimum absolute atomic E-state index is 0.0349. The van der Waals surface area contributed by atoms with E-state index in [1.54, 1.807) is 14.0 Å². The summed E-state index contributed by atoms with van der Waals surface area (Å²) in [6.07, 6.45) is 0. The second kappa shape index (κ2) is 6.10. The molecule has 2 heterocycles. The third kappa shape index (κ3) is 2.89. The number of carbonyl (C=O) groups excluding carboxylic acids is 1. The van der Waals surface area contributed by atoms with Crippen molar-refractivity contribution in [3.05, 3.63) is 50.8 Å². The summed E-state index contributed by atoms with van der Waals surface area (Å²) >= 11 is 1.22.